The normalized spacial score (nSPS) is 10.4. The van der Waals surface area contributed by atoms with Crippen molar-refractivity contribution in [2.45, 2.75) is 6.92 Å². The smallest absolute Gasteiger partial charge is 0.255 e. The molecule has 0 saturated heterocycles. The van der Waals surface area contributed by atoms with Crippen LogP contribution in [0.4, 0.5) is 5.82 Å². The van der Waals surface area contributed by atoms with Crippen molar-refractivity contribution < 1.29 is 9.53 Å². The molecule has 2 aromatic rings. The lowest BCUT2D eigenvalue weighted by Gasteiger charge is -2.17. The zero-order valence-corrected chi connectivity index (χ0v) is 14.1. The van der Waals surface area contributed by atoms with Gasteiger partial charge in [0.1, 0.15) is 5.82 Å². The summed E-state index contributed by atoms with van der Waals surface area (Å²) in [5.74, 6) is 0.509. The molecule has 1 aromatic heterocycles. The van der Waals surface area contributed by atoms with Gasteiger partial charge in [0.2, 0.25) is 0 Å². The molecule has 5 nitrogen and oxygen atoms in total. The minimum Gasteiger partial charge on any atom is -0.383 e. The lowest BCUT2D eigenvalue weighted by atomic mass is 10.0. The summed E-state index contributed by atoms with van der Waals surface area (Å²) in [6.07, 6.45) is 0. The number of aryl methyl sites for hydroxylation is 1. The van der Waals surface area contributed by atoms with Gasteiger partial charge in [-0.1, -0.05) is 24.3 Å². The van der Waals surface area contributed by atoms with E-state index in [0.29, 0.717) is 24.5 Å². The van der Waals surface area contributed by atoms with Gasteiger partial charge in [-0.05, 0) is 24.6 Å². The van der Waals surface area contributed by atoms with Crippen molar-refractivity contribution in [2.75, 3.05) is 39.3 Å². The maximum Gasteiger partial charge on any atom is 0.255 e. The third-order valence-electron chi connectivity index (χ3n) is 3.56. The number of rotatable bonds is 6. The molecular formula is C18H23N3O2. The first-order valence-corrected chi connectivity index (χ1v) is 7.56. The maximum absolute atomic E-state index is 12.3. The van der Waals surface area contributed by atoms with E-state index >= 15 is 0 Å². The number of pyridine rings is 1. The van der Waals surface area contributed by atoms with Crippen LogP contribution < -0.4 is 10.2 Å². The molecule has 5 heteroatoms. The molecule has 0 unspecified atom stereocenters. The predicted molar refractivity (Wildman–Crippen MR) is 92.9 cm³/mol. The van der Waals surface area contributed by atoms with Crippen molar-refractivity contribution >= 4 is 11.7 Å². The van der Waals surface area contributed by atoms with E-state index in [-0.39, 0.29) is 5.91 Å². The highest BCUT2D eigenvalue weighted by Gasteiger charge is 2.16. The highest BCUT2D eigenvalue weighted by atomic mass is 16.5. The Morgan fingerprint density at radius 2 is 1.96 bits per heavy atom. The fourth-order valence-electron chi connectivity index (χ4n) is 2.34. The SMILES string of the molecule is COCCNC(=O)c1ccc(-c2ccccc2C)nc1N(C)C. The highest BCUT2D eigenvalue weighted by Crippen LogP contribution is 2.25. The Kier molecular flexibility index (Phi) is 5.71. The van der Waals surface area contributed by atoms with Gasteiger partial charge in [-0.2, -0.15) is 0 Å². The number of carbonyl (C=O) groups is 1. The number of hydrogen-bond donors (Lipinski definition) is 1. The summed E-state index contributed by atoms with van der Waals surface area (Å²) < 4.78 is 4.96. The Hall–Kier alpha value is -2.40. The summed E-state index contributed by atoms with van der Waals surface area (Å²) in [5, 5.41) is 2.84. The topological polar surface area (TPSA) is 54.5 Å². The van der Waals surface area contributed by atoms with Gasteiger partial charge in [0, 0.05) is 33.3 Å². The fourth-order valence-corrected chi connectivity index (χ4v) is 2.34. The number of hydrogen-bond acceptors (Lipinski definition) is 4. The maximum atomic E-state index is 12.3. The number of anilines is 1. The molecule has 0 atom stereocenters. The van der Waals surface area contributed by atoms with Crippen LogP contribution in [-0.4, -0.2) is 45.2 Å². The Bertz CT molecular complexity index is 684. The number of nitrogens with zero attached hydrogens (tertiary/aromatic N) is 2. The van der Waals surface area contributed by atoms with Crippen molar-refractivity contribution in [3.05, 3.63) is 47.5 Å². The lowest BCUT2D eigenvalue weighted by Crippen LogP contribution is -2.29. The third kappa shape index (κ3) is 4.07. The lowest BCUT2D eigenvalue weighted by molar-refractivity contribution is 0.0937. The van der Waals surface area contributed by atoms with E-state index in [1.54, 1.807) is 7.11 Å². The zero-order chi connectivity index (χ0) is 16.8. The van der Waals surface area contributed by atoms with Crippen LogP contribution in [0.1, 0.15) is 15.9 Å². The van der Waals surface area contributed by atoms with Gasteiger partial charge in [-0.3, -0.25) is 4.79 Å². The zero-order valence-electron chi connectivity index (χ0n) is 14.1. The quantitative estimate of drug-likeness (QED) is 0.833. The number of aromatic nitrogens is 1. The summed E-state index contributed by atoms with van der Waals surface area (Å²) in [6, 6.07) is 11.8. The summed E-state index contributed by atoms with van der Waals surface area (Å²) in [7, 11) is 5.38. The molecule has 1 amide bonds. The average Bonchev–Trinajstić information content (AvgIpc) is 2.55. The van der Waals surface area contributed by atoms with Gasteiger partial charge >= 0.3 is 0 Å². The van der Waals surface area contributed by atoms with Crippen LogP contribution in [0, 0.1) is 6.92 Å². The van der Waals surface area contributed by atoms with Crippen LogP contribution in [0.15, 0.2) is 36.4 Å². The molecule has 0 aliphatic heterocycles. The molecule has 1 N–H and O–H groups in total. The second kappa shape index (κ2) is 7.74. The molecule has 1 heterocycles. The minimum atomic E-state index is -0.144. The van der Waals surface area contributed by atoms with E-state index in [1.807, 2.05) is 49.3 Å². The van der Waals surface area contributed by atoms with E-state index < -0.39 is 0 Å². The number of carbonyl (C=O) groups excluding carboxylic acids is 1. The molecule has 0 saturated carbocycles. The molecule has 23 heavy (non-hydrogen) atoms. The molecule has 1 aromatic carbocycles. The van der Waals surface area contributed by atoms with Gasteiger partial charge in [-0.25, -0.2) is 4.98 Å². The molecule has 0 aliphatic rings. The Balaban J connectivity index is 2.35. The van der Waals surface area contributed by atoms with Gasteiger partial charge in [0.05, 0.1) is 17.9 Å². The van der Waals surface area contributed by atoms with Gasteiger partial charge in [-0.15, -0.1) is 0 Å². The first kappa shape index (κ1) is 17.0. The highest BCUT2D eigenvalue weighted by molar-refractivity contribution is 5.99. The monoisotopic (exact) mass is 313 g/mol. The largest absolute Gasteiger partial charge is 0.383 e. The summed E-state index contributed by atoms with van der Waals surface area (Å²) in [4.78, 5) is 18.9. The molecule has 0 spiro atoms. The van der Waals surface area contributed by atoms with Crippen molar-refractivity contribution in [3.8, 4) is 11.3 Å². The van der Waals surface area contributed by atoms with E-state index in [2.05, 4.69) is 23.3 Å². The fraction of sp³-hybridized carbons (Fsp3) is 0.333. The second-order valence-corrected chi connectivity index (χ2v) is 5.53. The van der Waals surface area contributed by atoms with Gasteiger partial charge in [0.15, 0.2) is 0 Å². The summed E-state index contributed by atoms with van der Waals surface area (Å²) >= 11 is 0. The number of amides is 1. The first-order valence-electron chi connectivity index (χ1n) is 7.56. The Labute approximate surface area is 137 Å². The van der Waals surface area contributed by atoms with Crippen LogP contribution >= 0.6 is 0 Å². The Morgan fingerprint density at radius 1 is 1.22 bits per heavy atom. The number of methoxy groups -OCH3 is 1. The van der Waals surface area contributed by atoms with Crippen LogP contribution in [-0.2, 0) is 4.74 Å². The molecular weight excluding hydrogens is 290 g/mol. The van der Waals surface area contributed by atoms with E-state index in [9.17, 15) is 4.79 Å². The van der Waals surface area contributed by atoms with Crippen LogP contribution in [0.25, 0.3) is 11.3 Å². The van der Waals surface area contributed by atoms with Crippen molar-refractivity contribution in [1.82, 2.24) is 10.3 Å². The minimum absolute atomic E-state index is 0.144. The van der Waals surface area contributed by atoms with Crippen LogP contribution in [0.3, 0.4) is 0 Å². The summed E-state index contributed by atoms with van der Waals surface area (Å²) in [5.41, 5.74) is 3.65. The Morgan fingerprint density at radius 3 is 2.61 bits per heavy atom. The molecule has 0 fully saturated rings. The van der Waals surface area contributed by atoms with Crippen LogP contribution in [0.5, 0.6) is 0 Å². The standard InChI is InChI=1S/C18H23N3O2/c1-13-7-5-6-8-14(13)16-10-9-15(17(20-16)21(2)3)18(22)19-11-12-23-4/h5-10H,11-12H2,1-4H3,(H,19,22). The van der Waals surface area contributed by atoms with Gasteiger partial charge in [0.25, 0.3) is 5.91 Å². The number of nitrogens with one attached hydrogen (secondary N) is 1. The molecule has 0 radical (unpaired) electrons. The van der Waals surface area contributed by atoms with Gasteiger partial charge < -0.3 is 15.0 Å². The predicted octanol–water partition coefficient (Wildman–Crippen LogP) is 2.50. The van der Waals surface area contributed by atoms with Crippen molar-refractivity contribution in [2.24, 2.45) is 0 Å². The second-order valence-electron chi connectivity index (χ2n) is 5.53. The number of benzene rings is 1. The van der Waals surface area contributed by atoms with Crippen LogP contribution in [0.2, 0.25) is 0 Å². The van der Waals surface area contributed by atoms with Crippen molar-refractivity contribution in [3.63, 3.8) is 0 Å². The average molecular weight is 313 g/mol. The molecule has 0 bridgehead atoms. The van der Waals surface area contributed by atoms with E-state index in [1.165, 1.54) is 0 Å². The van der Waals surface area contributed by atoms with Crippen molar-refractivity contribution in [1.29, 1.82) is 0 Å². The summed E-state index contributed by atoms with van der Waals surface area (Å²) in [6.45, 7) is 3.01. The number of ether oxygens (including phenoxy) is 1. The first-order chi connectivity index (χ1) is 11.0. The molecule has 0 aliphatic carbocycles. The molecule has 2 rings (SSSR count). The third-order valence-corrected chi connectivity index (χ3v) is 3.56. The van der Waals surface area contributed by atoms with E-state index in [0.717, 1.165) is 16.8 Å². The van der Waals surface area contributed by atoms with E-state index in [4.69, 9.17) is 4.74 Å². The molecule has 122 valence electrons.